The number of rotatable bonds is 8. The molecule has 1 unspecified atom stereocenters. The summed E-state index contributed by atoms with van der Waals surface area (Å²) in [5, 5.41) is 1.74. The number of thiazole rings is 1. The molecule has 0 aliphatic heterocycles. The summed E-state index contributed by atoms with van der Waals surface area (Å²) in [5.74, 6) is -0.764. The summed E-state index contributed by atoms with van der Waals surface area (Å²) in [5.41, 5.74) is -0.471. The molecule has 0 bridgehead atoms. The van der Waals surface area contributed by atoms with E-state index in [0.29, 0.717) is 6.54 Å². The van der Waals surface area contributed by atoms with Crippen molar-refractivity contribution in [3.05, 3.63) is 16.1 Å². The normalized spacial score (nSPS) is 12.4. The highest BCUT2D eigenvalue weighted by molar-refractivity contribution is 7.11. The lowest BCUT2D eigenvalue weighted by molar-refractivity contribution is 0.0172. The minimum Gasteiger partial charge on any atom is -0.461 e. The molecule has 0 fully saturated rings. The van der Waals surface area contributed by atoms with Crippen LogP contribution in [0.3, 0.4) is 0 Å². The van der Waals surface area contributed by atoms with Crippen molar-refractivity contribution in [1.82, 2.24) is 9.88 Å². The average molecular weight is 384 g/mol. The molecule has 26 heavy (non-hydrogen) atoms. The van der Waals surface area contributed by atoms with Gasteiger partial charge in [0.2, 0.25) is 0 Å². The van der Waals surface area contributed by atoms with Gasteiger partial charge in [-0.1, -0.05) is 6.92 Å². The van der Waals surface area contributed by atoms with Crippen LogP contribution in [0.1, 0.15) is 74.7 Å². The van der Waals surface area contributed by atoms with Gasteiger partial charge in [-0.3, -0.25) is 4.79 Å². The molecule has 0 radical (unpaired) electrons. The Hall–Kier alpha value is -1.96. The highest BCUT2D eigenvalue weighted by atomic mass is 32.1. The molecule has 1 rings (SSSR count). The summed E-state index contributed by atoms with van der Waals surface area (Å²) in [6, 6.07) is -0.341. The zero-order valence-electron chi connectivity index (χ0n) is 16.3. The predicted octanol–water partition coefficient (Wildman–Crippen LogP) is 3.93. The first kappa shape index (κ1) is 22.1. The minimum atomic E-state index is -0.601. The summed E-state index contributed by atoms with van der Waals surface area (Å²) in [7, 11) is 0. The van der Waals surface area contributed by atoms with Gasteiger partial charge < -0.3 is 14.4 Å². The number of nitrogens with zero attached hydrogens (tertiary/aromatic N) is 2. The van der Waals surface area contributed by atoms with Gasteiger partial charge in [0, 0.05) is 24.4 Å². The van der Waals surface area contributed by atoms with Crippen LogP contribution in [-0.4, -0.2) is 52.5 Å². The van der Waals surface area contributed by atoms with E-state index in [9.17, 15) is 14.4 Å². The molecule has 1 aromatic heterocycles. The molecule has 0 N–H and O–H groups in total. The first-order valence-electron chi connectivity index (χ1n) is 8.74. The molecule has 0 aromatic carbocycles. The molecular weight excluding hydrogens is 356 g/mol. The van der Waals surface area contributed by atoms with Crippen LogP contribution in [0.5, 0.6) is 0 Å². The van der Waals surface area contributed by atoms with Crippen LogP contribution in [0.2, 0.25) is 0 Å². The summed E-state index contributed by atoms with van der Waals surface area (Å²) < 4.78 is 10.3. The van der Waals surface area contributed by atoms with E-state index in [2.05, 4.69) is 4.98 Å². The van der Waals surface area contributed by atoms with Crippen molar-refractivity contribution in [3.8, 4) is 0 Å². The number of amides is 1. The largest absolute Gasteiger partial charge is 0.461 e. The minimum absolute atomic E-state index is 0.106. The average Bonchev–Trinajstić information content (AvgIpc) is 3.01. The summed E-state index contributed by atoms with van der Waals surface area (Å²) >= 11 is 1.10. The van der Waals surface area contributed by atoms with E-state index in [1.165, 1.54) is 5.38 Å². The van der Waals surface area contributed by atoms with E-state index in [1.54, 1.807) is 39.5 Å². The molecule has 1 atom stereocenters. The third-order valence-electron chi connectivity index (χ3n) is 3.33. The lowest BCUT2D eigenvalue weighted by Gasteiger charge is -2.31. The Morgan fingerprint density at radius 1 is 1.27 bits per heavy atom. The Morgan fingerprint density at radius 2 is 1.92 bits per heavy atom. The van der Waals surface area contributed by atoms with Gasteiger partial charge in [0.25, 0.3) is 0 Å². The second-order valence-electron chi connectivity index (χ2n) is 6.91. The SMILES string of the molecule is CCCN(C(=O)OC(C)(C)C)C(C)CC(=O)c1nc(C(=O)OCC)cs1. The van der Waals surface area contributed by atoms with Crippen LogP contribution < -0.4 is 0 Å². The standard InChI is InChI=1S/C18H28N2O5S/c1-7-9-20(17(23)25-18(4,5)6)12(3)10-14(21)15-19-13(11-26-15)16(22)24-8-2/h11-12H,7-10H2,1-6H3. The number of hydrogen-bond acceptors (Lipinski definition) is 7. The van der Waals surface area contributed by atoms with E-state index in [4.69, 9.17) is 9.47 Å². The first-order valence-corrected chi connectivity index (χ1v) is 9.62. The van der Waals surface area contributed by atoms with Crippen LogP contribution in [0.25, 0.3) is 0 Å². The molecule has 1 aromatic rings. The van der Waals surface area contributed by atoms with Gasteiger partial charge in [0.1, 0.15) is 5.60 Å². The van der Waals surface area contributed by atoms with Crippen LogP contribution in [0, 0.1) is 0 Å². The number of aromatic nitrogens is 1. The van der Waals surface area contributed by atoms with Gasteiger partial charge in [0.05, 0.1) is 6.61 Å². The van der Waals surface area contributed by atoms with Gasteiger partial charge in [-0.05, 0) is 41.0 Å². The third-order valence-corrected chi connectivity index (χ3v) is 4.22. The van der Waals surface area contributed by atoms with Gasteiger partial charge >= 0.3 is 12.1 Å². The van der Waals surface area contributed by atoms with Crippen molar-refractivity contribution in [2.24, 2.45) is 0 Å². The Bertz CT molecular complexity index is 636. The van der Waals surface area contributed by atoms with Crippen LogP contribution in [0.4, 0.5) is 4.79 Å². The van der Waals surface area contributed by atoms with Crippen molar-refractivity contribution >= 4 is 29.2 Å². The highest BCUT2D eigenvalue weighted by Crippen LogP contribution is 2.18. The zero-order chi connectivity index (χ0) is 19.9. The van der Waals surface area contributed by atoms with E-state index in [-0.39, 0.29) is 35.6 Å². The molecule has 0 spiro atoms. The highest BCUT2D eigenvalue weighted by Gasteiger charge is 2.28. The molecule has 8 heteroatoms. The zero-order valence-corrected chi connectivity index (χ0v) is 17.1. The maximum Gasteiger partial charge on any atom is 0.410 e. The smallest absolute Gasteiger partial charge is 0.410 e. The van der Waals surface area contributed by atoms with Crippen molar-refractivity contribution < 1.29 is 23.9 Å². The number of ketones is 1. The van der Waals surface area contributed by atoms with Crippen molar-refractivity contribution in [3.63, 3.8) is 0 Å². The fraction of sp³-hybridized carbons (Fsp3) is 0.667. The van der Waals surface area contributed by atoms with E-state index >= 15 is 0 Å². The molecular formula is C18H28N2O5S. The summed E-state index contributed by atoms with van der Waals surface area (Å²) in [6.07, 6.45) is 0.419. The van der Waals surface area contributed by atoms with E-state index < -0.39 is 17.7 Å². The van der Waals surface area contributed by atoms with Gasteiger partial charge in [-0.25, -0.2) is 14.6 Å². The quantitative estimate of drug-likeness (QED) is 0.499. The topological polar surface area (TPSA) is 85.8 Å². The van der Waals surface area contributed by atoms with E-state index in [0.717, 1.165) is 17.8 Å². The molecule has 0 aliphatic carbocycles. The van der Waals surface area contributed by atoms with Gasteiger partial charge in [-0.2, -0.15) is 0 Å². The Morgan fingerprint density at radius 3 is 2.46 bits per heavy atom. The maximum absolute atomic E-state index is 12.5. The van der Waals surface area contributed by atoms with Crippen molar-refractivity contribution in [1.29, 1.82) is 0 Å². The summed E-state index contributed by atoms with van der Waals surface area (Å²) in [6.45, 7) is 11.6. The molecule has 7 nitrogen and oxygen atoms in total. The van der Waals surface area contributed by atoms with Gasteiger partial charge in [0.15, 0.2) is 16.5 Å². The number of carbonyl (C=O) groups is 3. The number of carbonyl (C=O) groups excluding carboxylic acids is 3. The predicted molar refractivity (Wildman–Crippen MR) is 99.7 cm³/mol. The fourth-order valence-electron chi connectivity index (χ4n) is 2.22. The molecule has 0 aliphatic rings. The number of ether oxygens (including phenoxy) is 2. The second-order valence-corrected chi connectivity index (χ2v) is 7.77. The molecule has 0 saturated carbocycles. The Labute approximate surface area is 158 Å². The number of esters is 1. The lowest BCUT2D eigenvalue weighted by Crippen LogP contribution is -2.43. The van der Waals surface area contributed by atoms with Crippen molar-refractivity contribution in [2.45, 2.75) is 66.0 Å². The van der Waals surface area contributed by atoms with E-state index in [1.807, 2.05) is 6.92 Å². The molecule has 1 amide bonds. The Balaban J connectivity index is 2.79. The van der Waals surface area contributed by atoms with Crippen molar-refractivity contribution in [2.75, 3.05) is 13.2 Å². The maximum atomic E-state index is 12.5. The second kappa shape index (κ2) is 9.66. The third kappa shape index (κ3) is 6.74. The summed E-state index contributed by atoms with van der Waals surface area (Å²) in [4.78, 5) is 42.1. The molecule has 0 saturated heterocycles. The van der Waals surface area contributed by atoms with Crippen LogP contribution in [-0.2, 0) is 9.47 Å². The number of Topliss-reactive ketones (excluding diaryl/α,β-unsaturated/α-hetero) is 1. The lowest BCUT2D eigenvalue weighted by atomic mass is 10.1. The first-order chi connectivity index (χ1) is 12.1. The number of hydrogen-bond donors (Lipinski definition) is 0. The molecule has 146 valence electrons. The van der Waals surface area contributed by atoms with Crippen LogP contribution >= 0.6 is 11.3 Å². The fourth-order valence-corrected chi connectivity index (χ4v) is 2.96. The van der Waals surface area contributed by atoms with Crippen LogP contribution in [0.15, 0.2) is 5.38 Å². The monoisotopic (exact) mass is 384 g/mol. The van der Waals surface area contributed by atoms with Gasteiger partial charge in [-0.15, -0.1) is 11.3 Å². The Kier molecular flexibility index (Phi) is 8.20. The molecule has 1 heterocycles.